The fourth-order valence-electron chi connectivity index (χ4n) is 3.26. The van der Waals surface area contributed by atoms with E-state index < -0.39 is 11.4 Å². The van der Waals surface area contributed by atoms with E-state index in [2.05, 4.69) is 10.4 Å². The van der Waals surface area contributed by atoms with Gasteiger partial charge in [0.1, 0.15) is 0 Å². The van der Waals surface area contributed by atoms with Crippen LogP contribution in [0.1, 0.15) is 49.1 Å². The summed E-state index contributed by atoms with van der Waals surface area (Å²) >= 11 is 0. The van der Waals surface area contributed by atoms with Crippen LogP contribution in [0.25, 0.3) is 0 Å². The second-order valence-electron chi connectivity index (χ2n) is 6.37. The maximum Gasteiger partial charge on any atom is 0.311 e. The highest BCUT2D eigenvalue weighted by atomic mass is 16.4. The van der Waals surface area contributed by atoms with Crippen molar-refractivity contribution in [2.45, 2.75) is 52.4 Å². The van der Waals surface area contributed by atoms with E-state index in [-0.39, 0.29) is 18.9 Å². The predicted octanol–water partition coefficient (Wildman–Crippen LogP) is 1.73. The highest BCUT2D eigenvalue weighted by molar-refractivity contribution is 5.81. The molecular weight excluding hydrogens is 282 g/mol. The van der Waals surface area contributed by atoms with Crippen molar-refractivity contribution in [2.24, 2.45) is 12.5 Å². The Kier molecular flexibility index (Phi) is 4.88. The summed E-state index contributed by atoms with van der Waals surface area (Å²) in [6, 6.07) is 0. The van der Waals surface area contributed by atoms with Gasteiger partial charge in [0.25, 0.3) is 0 Å². The molecule has 2 rings (SSSR count). The molecule has 122 valence electrons. The summed E-state index contributed by atoms with van der Waals surface area (Å²) in [5, 5.41) is 16.6. The molecule has 0 saturated heterocycles. The molecule has 0 radical (unpaired) electrons. The lowest BCUT2D eigenvalue weighted by atomic mass is 9.74. The third-order valence-corrected chi connectivity index (χ3v) is 4.88. The molecule has 0 aromatic carbocycles. The lowest BCUT2D eigenvalue weighted by Crippen LogP contribution is -2.44. The minimum Gasteiger partial charge on any atom is -0.481 e. The van der Waals surface area contributed by atoms with Crippen LogP contribution in [0, 0.1) is 19.3 Å². The van der Waals surface area contributed by atoms with Crippen molar-refractivity contribution >= 4 is 11.9 Å². The molecule has 22 heavy (non-hydrogen) atoms. The predicted molar refractivity (Wildman–Crippen MR) is 82.5 cm³/mol. The van der Waals surface area contributed by atoms with Gasteiger partial charge in [0.15, 0.2) is 0 Å². The quantitative estimate of drug-likeness (QED) is 0.867. The first-order valence-corrected chi connectivity index (χ1v) is 7.85. The molecule has 0 bridgehead atoms. The van der Waals surface area contributed by atoms with Gasteiger partial charge in [-0.15, -0.1) is 0 Å². The molecule has 1 aliphatic carbocycles. The summed E-state index contributed by atoms with van der Waals surface area (Å²) in [7, 11) is 1.85. The number of aryl methyl sites for hydroxylation is 2. The van der Waals surface area contributed by atoms with Crippen molar-refractivity contribution in [3.05, 3.63) is 17.0 Å². The molecular formula is C16H25N3O3. The van der Waals surface area contributed by atoms with Crippen molar-refractivity contribution in [1.82, 2.24) is 15.1 Å². The Morgan fingerprint density at radius 1 is 1.27 bits per heavy atom. The maximum atomic E-state index is 12.2. The average molecular weight is 307 g/mol. The van der Waals surface area contributed by atoms with Crippen LogP contribution < -0.4 is 5.32 Å². The highest BCUT2D eigenvalue weighted by Gasteiger charge is 2.39. The summed E-state index contributed by atoms with van der Waals surface area (Å²) in [5.41, 5.74) is 1.96. The monoisotopic (exact) mass is 307 g/mol. The number of carboxylic acids is 1. The second-order valence-corrected chi connectivity index (χ2v) is 6.37. The summed E-state index contributed by atoms with van der Waals surface area (Å²) in [4.78, 5) is 23.8. The fraction of sp³-hybridized carbons (Fsp3) is 0.688. The van der Waals surface area contributed by atoms with E-state index in [1.807, 2.05) is 20.9 Å². The molecule has 6 heteroatoms. The summed E-state index contributed by atoms with van der Waals surface area (Å²) in [5.74, 6) is -0.924. The van der Waals surface area contributed by atoms with Gasteiger partial charge < -0.3 is 10.4 Å². The van der Waals surface area contributed by atoms with E-state index in [0.29, 0.717) is 12.8 Å². The second kappa shape index (κ2) is 6.50. The van der Waals surface area contributed by atoms with Crippen LogP contribution in [0.2, 0.25) is 0 Å². The Morgan fingerprint density at radius 2 is 1.91 bits per heavy atom. The molecule has 1 aromatic heterocycles. The molecule has 6 nitrogen and oxygen atoms in total. The van der Waals surface area contributed by atoms with Crippen molar-refractivity contribution < 1.29 is 14.7 Å². The molecule has 0 aliphatic heterocycles. The zero-order valence-electron chi connectivity index (χ0n) is 13.6. The van der Waals surface area contributed by atoms with Crippen LogP contribution in [-0.2, 0) is 23.1 Å². The first-order chi connectivity index (χ1) is 10.4. The van der Waals surface area contributed by atoms with E-state index in [1.54, 1.807) is 4.68 Å². The van der Waals surface area contributed by atoms with Gasteiger partial charge in [-0.3, -0.25) is 14.3 Å². The first kappa shape index (κ1) is 16.5. The van der Waals surface area contributed by atoms with E-state index >= 15 is 0 Å². The number of carbonyl (C=O) groups excluding carboxylic acids is 1. The number of carboxylic acid groups (broad SMARTS) is 1. The van der Waals surface area contributed by atoms with Gasteiger partial charge in [-0.1, -0.05) is 19.3 Å². The number of amides is 1. The van der Waals surface area contributed by atoms with Gasteiger partial charge in [-0.25, -0.2) is 0 Å². The van der Waals surface area contributed by atoms with Gasteiger partial charge in [-0.2, -0.15) is 5.10 Å². The molecule has 1 aliphatic rings. The largest absolute Gasteiger partial charge is 0.481 e. The molecule has 0 atom stereocenters. The molecule has 1 fully saturated rings. The van der Waals surface area contributed by atoms with Crippen LogP contribution in [-0.4, -0.2) is 33.3 Å². The normalized spacial score (nSPS) is 17.2. The SMILES string of the molecule is Cc1nn(C)c(C)c1CC(=O)NCC1(C(=O)O)CCCCC1. The molecule has 0 unspecified atom stereocenters. The lowest BCUT2D eigenvalue weighted by molar-refractivity contribution is -0.151. The van der Waals surface area contributed by atoms with E-state index in [9.17, 15) is 14.7 Å². The van der Waals surface area contributed by atoms with Gasteiger partial charge in [0, 0.05) is 24.8 Å². The fourth-order valence-corrected chi connectivity index (χ4v) is 3.26. The highest BCUT2D eigenvalue weighted by Crippen LogP contribution is 2.36. The number of aliphatic carboxylic acids is 1. The van der Waals surface area contributed by atoms with Crippen LogP contribution in [0.4, 0.5) is 0 Å². The topological polar surface area (TPSA) is 84.2 Å². The summed E-state index contributed by atoms with van der Waals surface area (Å²) in [6.07, 6.45) is 4.46. The van der Waals surface area contributed by atoms with Crippen LogP contribution in [0.5, 0.6) is 0 Å². The van der Waals surface area contributed by atoms with Gasteiger partial charge >= 0.3 is 5.97 Å². The number of aromatic nitrogens is 2. The van der Waals surface area contributed by atoms with E-state index in [1.165, 1.54) is 0 Å². The minimum absolute atomic E-state index is 0.134. The number of hydrogen-bond acceptors (Lipinski definition) is 3. The number of carbonyl (C=O) groups is 2. The molecule has 1 saturated carbocycles. The Hall–Kier alpha value is -1.85. The number of hydrogen-bond donors (Lipinski definition) is 2. The van der Waals surface area contributed by atoms with E-state index in [0.717, 1.165) is 36.2 Å². The number of rotatable bonds is 5. The van der Waals surface area contributed by atoms with Gasteiger partial charge in [0.05, 0.1) is 17.5 Å². The van der Waals surface area contributed by atoms with Crippen molar-refractivity contribution in [3.8, 4) is 0 Å². The molecule has 1 heterocycles. The Morgan fingerprint density at radius 3 is 2.41 bits per heavy atom. The minimum atomic E-state index is -0.791. The molecule has 2 N–H and O–H groups in total. The maximum absolute atomic E-state index is 12.2. The number of nitrogens with zero attached hydrogens (tertiary/aromatic N) is 2. The summed E-state index contributed by atoms with van der Waals surface area (Å²) in [6.45, 7) is 4.04. The van der Waals surface area contributed by atoms with Crippen LogP contribution in [0.15, 0.2) is 0 Å². The Balaban J connectivity index is 1.98. The van der Waals surface area contributed by atoms with Crippen molar-refractivity contribution in [1.29, 1.82) is 0 Å². The van der Waals surface area contributed by atoms with Crippen molar-refractivity contribution in [2.75, 3.05) is 6.54 Å². The first-order valence-electron chi connectivity index (χ1n) is 7.85. The van der Waals surface area contributed by atoms with Crippen LogP contribution in [0.3, 0.4) is 0 Å². The van der Waals surface area contributed by atoms with Crippen LogP contribution >= 0.6 is 0 Å². The number of nitrogens with one attached hydrogen (secondary N) is 1. The third kappa shape index (κ3) is 3.31. The van der Waals surface area contributed by atoms with Gasteiger partial charge in [0.2, 0.25) is 5.91 Å². The molecule has 0 spiro atoms. The summed E-state index contributed by atoms with van der Waals surface area (Å²) < 4.78 is 1.76. The smallest absolute Gasteiger partial charge is 0.311 e. The van der Waals surface area contributed by atoms with Gasteiger partial charge in [-0.05, 0) is 26.7 Å². The zero-order valence-corrected chi connectivity index (χ0v) is 13.6. The average Bonchev–Trinajstić information content (AvgIpc) is 2.72. The standard InChI is InChI=1S/C16H25N3O3/c1-11-13(12(2)19(3)18-11)9-14(20)17-10-16(15(21)22)7-5-4-6-8-16/h4-10H2,1-3H3,(H,17,20)(H,21,22). The molecule has 1 aromatic rings. The van der Waals surface area contributed by atoms with E-state index in [4.69, 9.17) is 0 Å². The Bertz CT molecular complexity index is 571. The van der Waals surface area contributed by atoms with Crippen molar-refractivity contribution in [3.63, 3.8) is 0 Å². The zero-order chi connectivity index (χ0) is 16.3. The Labute approximate surface area is 130 Å². The third-order valence-electron chi connectivity index (χ3n) is 4.88. The lowest BCUT2D eigenvalue weighted by Gasteiger charge is -2.33. The molecule has 1 amide bonds.